The molecular weight excluding hydrogens is 325 g/mol. The molecule has 3 rings (SSSR count). The summed E-state index contributed by atoms with van der Waals surface area (Å²) < 4.78 is 13.9. The van der Waals surface area contributed by atoms with Crippen LogP contribution in [0.15, 0.2) is 30.5 Å². The molecule has 23 heavy (non-hydrogen) atoms. The molecule has 2 heterocycles. The maximum Gasteiger partial charge on any atom is 0.287 e. The van der Waals surface area contributed by atoms with Gasteiger partial charge in [0.1, 0.15) is 12.0 Å². The highest BCUT2D eigenvalue weighted by molar-refractivity contribution is 6.33. The summed E-state index contributed by atoms with van der Waals surface area (Å²) in [7, 11) is 0. The van der Waals surface area contributed by atoms with Gasteiger partial charge in [0.15, 0.2) is 0 Å². The van der Waals surface area contributed by atoms with Crippen molar-refractivity contribution in [1.29, 1.82) is 0 Å². The van der Waals surface area contributed by atoms with Crippen molar-refractivity contribution in [2.75, 3.05) is 6.54 Å². The minimum absolute atomic E-state index is 0.0398. The molecule has 0 saturated heterocycles. The number of fused-ring (bicyclic) bond motifs is 1. The Morgan fingerprint density at radius 2 is 2.22 bits per heavy atom. The van der Waals surface area contributed by atoms with Crippen LogP contribution in [-0.2, 0) is 13.0 Å². The van der Waals surface area contributed by atoms with E-state index in [1.54, 1.807) is 0 Å². The number of carbonyl (C=O) groups excluding carboxylic acids is 1. The zero-order chi connectivity index (χ0) is 16.6. The van der Waals surface area contributed by atoms with E-state index in [4.69, 9.17) is 11.6 Å². The van der Waals surface area contributed by atoms with Gasteiger partial charge in [-0.3, -0.25) is 19.9 Å². The molecule has 2 aromatic rings. The van der Waals surface area contributed by atoms with Gasteiger partial charge < -0.3 is 4.90 Å². The standard InChI is InChI=1S/C15H11ClFN3O3/c16-11-2-1-3-12(17)14(11)15(21)19-5-4-13-9(8-19)6-10(7-18-13)20(22)23/h1-3,6-7H,4-5,8H2. The van der Waals surface area contributed by atoms with Gasteiger partial charge in [-0.25, -0.2) is 4.39 Å². The third kappa shape index (κ3) is 2.87. The summed E-state index contributed by atoms with van der Waals surface area (Å²) in [6.07, 6.45) is 1.65. The Bertz CT molecular complexity index is 792. The molecule has 0 N–H and O–H groups in total. The second kappa shape index (κ2) is 5.92. The van der Waals surface area contributed by atoms with E-state index in [1.165, 1.54) is 35.4 Å². The number of halogens is 2. The summed E-state index contributed by atoms with van der Waals surface area (Å²) in [5.41, 5.74) is 0.975. The van der Waals surface area contributed by atoms with E-state index in [2.05, 4.69) is 4.98 Å². The SMILES string of the molecule is O=C(c1c(F)cccc1Cl)N1CCc2ncc([N+](=O)[O-])cc2C1. The maximum atomic E-state index is 13.9. The van der Waals surface area contributed by atoms with Gasteiger partial charge >= 0.3 is 0 Å². The average Bonchev–Trinajstić information content (AvgIpc) is 2.53. The van der Waals surface area contributed by atoms with E-state index >= 15 is 0 Å². The Morgan fingerprint density at radius 3 is 2.91 bits per heavy atom. The maximum absolute atomic E-state index is 13.9. The van der Waals surface area contributed by atoms with Crippen LogP contribution in [0.3, 0.4) is 0 Å². The van der Waals surface area contributed by atoms with Gasteiger partial charge in [-0.2, -0.15) is 0 Å². The average molecular weight is 336 g/mol. The minimum Gasteiger partial charge on any atom is -0.334 e. The lowest BCUT2D eigenvalue weighted by atomic mass is 10.0. The molecule has 0 aliphatic carbocycles. The first kappa shape index (κ1) is 15.4. The highest BCUT2D eigenvalue weighted by Crippen LogP contribution is 2.26. The zero-order valence-corrected chi connectivity index (χ0v) is 12.6. The number of benzene rings is 1. The Morgan fingerprint density at radius 1 is 1.43 bits per heavy atom. The van der Waals surface area contributed by atoms with Crippen molar-refractivity contribution in [2.24, 2.45) is 0 Å². The van der Waals surface area contributed by atoms with Crippen LogP contribution < -0.4 is 0 Å². The molecule has 0 radical (unpaired) electrons. The smallest absolute Gasteiger partial charge is 0.287 e. The van der Waals surface area contributed by atoms with Crippen LogP contribution in [-0.4, -0.2) is 27.3 Å². The van der Waals surface area contributed by atoms with Crippen molar-refractivity contribution in [1.82, 2.24) is 9.88 Å². The number of hydrogen-bond acceptors (Lipinski definition) is 4. The Balaban J connectivity index is 1.91. The summed E-state index contributed by atoms with van der Waals surface area (Å²) >= 11 is 5.92. The summed E-state index contributed by atoms with van der Waals surface area (Å²) in [6.45, 7) is 0.481. The first-order chi connectivity index (χ1) is 11.0. The van der Waals surface area contributed by atoms with Crippen molar-refractivity contribution in [3.8, 4) is 0 Å². The number of rotatable bonds is 2. The fraction of sp³-hybridized carbons (Fsp3) is 0.200. The molecule has 0 saturated carbocycles. The Hall–Kier alpha value is -2.54. The lowest BCUT2D eigenvalue weighted by molar-refractivity contribution is -0.385. The van der Waals surface area contributed by atoms with Crippen LogP contribution in [0.5, 0.6) is 0 Å². The van der Waals surface area contributed by atoms with Gasteiger partial charge in [-0.1, -0.05) is 17.7 Å². The summed E-state index contributed by atoms with van der Waals surface area (Å²) in [5, 5.41) is 10.9. The first-order valence-corrected chi connectivity index (χ1v) is 7.20. The summed E-state index contributed by atoms with van der Waals surface area (Å²) in [4.78, 5) is 28.3. The number of carbonyl (C=O) groups is 1. The Labute approximate surface area is 135 Å². The van der Waals surface area contributed by atoms with Crippen molar-refractivity contribution in [3.63, 3.8) is 0 Å². The highest BCUT2D eigenvalue weighted by Gasteiger charge is 2.27. The molecule has 0 atom stereocenters. The monoisotopic (exact) mass is 335 g/mol. The van der Waals surface area contributed by atoms with Gasteiger partial charge in [0.2, 0.25) is 0 Å². The van der Waals surface area contributed by atoms with Crippen LogP contribution in [0.4, 0.5) is 10.1 Å². The molecule has 1 aromatic heterocycles. The number of hydrogen-bond donors (Lipinski definition) is 0. The molecule has 1 amide bonds. The normalized spacial score (nSPS) is 13.6. The quantitative estimate of drug-likeness (QED) is 0.624. The molecule has 1 aliphatic rings. The van der Waals surface area contributed by atoms with Crippen molar-refractivity contribution in [2.45, 2.75) is 13.0 Å². The molecule has 0 fully saturated rings. The van der Waals surface area contributed by atoms with E-state index < -0.39 is 16.6 Å². The molecule has 1 aliphatic heterocycles. The predicted octanol–water partition coefficient (Wildman–Crippen LogP) is 2.98. The van der Waals surface area contributed by atoms with Crippen molar-refractivity contribution < 1.29 is 14.1 Å². The topological polar surface area (TPSA) is 76.3 Å². The van der Waals surface area contributed by atoms with Crippen molar-refractivity contribution in [3.05, 3.63) is 68.2 Å². The van der Waals surface area contributed by atoms with E-state index in [0.29, 0.717) is 24.2 Å². The molecule has 118 valence electrons. The number of nitrogens with zero attached hydrogens (tertiary/aromatic N) is 3. The van der Waals surface area contributed by atoms with Gasteiger partial charge in [-0.15, -0.1) is 0 Å². The molecule has 6 nitrogen and oxygen atoms in total. The fourth-order valence-electron chi connectivity index (χ4n) is 2.55. The molecule has 0 unspecified atom stereocenters. The van der Waals surface area contributed by atoms with E-state index in [-0.39, 0.29) is 22.8 Å². The minimum atomic E-state index is -0.689. The first-order valence-electron chi connectivity index (χ1n) is 6.83. The van der Waals surface area contributed by atoms with E-state index in [9.17, 15) is 19.3 Å². The van der Waals surface area contributed by atoms with Gasteiger partial charge in [0.05, 0.1) is 15.5 Å². The van der Waals surface area contributed by atoms with Crippen LogP contribution in [0.1, 0.15) is 21.6 Å². The Kier molecular flexibility index (Phi) is 3.96. The number of aromatic nitrogens is 1. The van der Waals surface area contributed by atoms with Gasteiger partial charge in [0.25, 0.3) is 11.6 Å². The highest BCUT2D eigenvalue weighted by atomic mass is 35.5. The summed E-state index contributed by atoms with van der Waals surface area (Å²) in [5.74, 6) is -1.23. The third-order valence-corrected chi connectivity index (χ3v) is 4.01. The second-order valence-corrected chi connectivity index (χ2v) is 5.54. The van der Waals surface area contributed by atoms with Crippen LogP contribution in [0.25, 0.3) is 0 Å². The lowest BCUT2D eigenvalue weighted by Gasteiger charge is -2.28. The summed E-state index contributed by atoms with van der Waals surface area (Å²) in [6, 6.07) is 5.43. The predicted molar refractivity (Wildman–Crippen MR) is 80.7 cm³/mol. The van der Waals surface area contributed by atoms with Crippen LogP contribution in [0, 0.1) is 15.9 Å². The largest absolute Gasteiger partial charge is 0.334 e. The van der Waals surface area contributed by atoms with Gasteiger partial charge in [-0.05, 0) is 17.7 Å². The number of amides is 1. The number of nitro groups is 1. The lowest BCUT2D eigenvalue weighted by Crippen LogP contribution is -2.37. The number of pyridine rings is 1. The van der Waals surface area contributed by atoms with Crippen LogP contribution >= 0.6 is 11.6 Å². The fourth-order valence-corrected chi connectivity index (χ4v) is 2.79. The van der Waals surface area contributed by atoms with E-state index in [1.807, 2.05) is 0 Å². The van der Waals surface area contributed by atoms with Crippen LogP contribution in [0.2, 0.25) is 5.02 Å². The molecule has 0 bridgehead atoms. The van der Waals surface area contributed by atoms with E-state index in [0.717, 1.165) is 0 Å². The molecular formula is C15H11ClFN3O3. The zero-order valence-electron chi connectivity index (χ0n) is 11.8. The third-order valence-electron chi connectivity index (χ3n) is 3.70. The van der Waals surface area contributed by atoms with Gasteiger partial charge in [0, 0.05) is 31.3 Å². The van der Waals surface area contributed by atoms with Crippen molar-refractivity contribution >= 4 is 23.2 Å². The molecule has 1 aromatic carbocycles. The second-order valence-electron chi connectivity index (χ2n) is 5.13. The molecule has 0 spiro atoms. The molecule has 8 heteroatoms.